The number of hydrogen-bond acceptors (Lipinski definition) is 3. The molecule has 2 aromatic rings. The molecule has 0 radical (unpaired) electrons. The van der Waals surface area contributed by atoms with Crippen LogP contribution < -0.4 is 10.3 Å². The summed E-state index contributed by atoms with van der Waals surface area (Å²) in [6.45, 7) is 1.66. The Morgan fingerprint density at radius 3 is 2.68 bits per heavy atom. The molecule has 2 heterocycles. The van der Waals surface area contributed by atoms with Crippen LogP contribution >= 0.6 is 0 Å². The number of rotatable bonds is 3. The van der Waals surface area contributed by atoms with Gasteiger partial charge in [-0.15, -0.1) is 0 Å². The van der Waals surface area contributed by atoms with Gasteiger partial charge in [-0.2, -0.15) is 0 Å². The number of aryl methyl sites for hydroxylation is 1. The van der Waals surface area contributed by atoms with E-state index in [1.807, 2.05) is 11.0 Å². The molecule has 22 heavy (non-hydrogen) atoms. The Hall–Kier alpha value is -2.30. The summed E-state index contributed by atoms with van der Waals surface area (Å²) in [5.74, 6) is 0.598. The van der Waals surface area contributed by atoms with Crippen LogP contribution in [0.25, 0.3) is 10.8 Å². The van der Waals surface area contributed by atoms with Gasteiger partial charge in [0.1, 0.15) is 5.75 Å². The number of fused-ring (bicyclic) bond motifs is 1. The number of carbonyl (C=O) groups is 1. The Morgan fingerprint density at radius 2 is 1.91 bits per heavy atom. The number of amides is 1. The summed E-state index contributed by atoms with van der Waals surface area (Å²) in [6.07, 6.45) is 5.04. The molecule has 0 atom stereocenters. The summed E-state index contributed by atoms with van der Waals surface area (Å²) in [4.78, 5) is 26.1. The van der Waals surface area contributed by atoms with Gasteiger partial charge in [-0.25, -0.2) is 0 Å². The summed E-state index contributed by atoms with van der Waals surface area (Å²) in [6, 6.07) is 7.20. The van der Waals surface area contributed by atoms with E-state index in [2.05, 4.69) is 0 Å². The van der Waals surface area contributed by atoms with E-state index in [1.54, 1.807) is 31.4 Å². The van der Waals surface area contributed by atoms with E-state index in [0.29, 0.717) is 11.1 Å². The zero-order chi connectivity index (χ0) is 15.5. The van der Waals surface area contributed by atoms with E-state index in [-0.39, 0.29) is 18.1 Å². The van der Waals surface area contributed by atoms with Crippen LogP contribution in [0, 0.1) is 0 Å². The lowest BCUT2D eigenvalue weighted by Gasteiger charge is -2.26. The van der Waals surface area contributed by atoms with E-state index >= 15 is 0 Å². The molecule has 0 unspecified atom stereocenters. The van der Waals surface area contributed by atoms with Gasteiger partial charge in [0.25, 0.3) is 11.5 Å². The van der Waals surface area contributed by atoms with Crippen molar-refractivity contribution >= 4 is 16.7 Å². The van der Waals surface area contributed by atoms with Crippen LogP contribution in [0.2, 0.25) is 0 Å². The van der Waals surface area contributed by atoms with Crippen molar-refractivity contribution in [2.45, 2.75) is 19.3 Å². The molecule has 1 fully saturated rings. The van der Waals surface area contributed by atoms with E-state index in [4.69, 9.17) is 4.74 Å². The molecule has 1 aliphatic rings. The minimum atomic E-state index is -0.0645. The average molecular weight is 300 g/mol. The lowest BCUT2D eigenvalue weighted by molar-refractivity contribution is -0.134. The lowest BCUT2D eigenvalue weighted by Crippen LogP contribution is -2.38. The zero-order valence-corrected chi connectivity index (χ0v) is 12.7. The maximum absolute atomic E-state index is 12.2. The number of nitrogens with zero attached hydrogens (tertiary/aromatic N) is 2. The molecule has 0 spiro atoms. The van der Waals surface area contributed by atoms with Crippen LogP contribution in [0.15, 0.2) is 35.3 Å². The smallest absolute Gasteiger partial charge is 0.260 e. The molecule has 5 nitrogen and oxygen atoms in total. The monoisotopic (exact) mass is 300 g/mol. The van der Waals surface area contributed by atoms with Crippen molar-refractivity contribution in [3.63, 3.8) is 0 Å². The van der Waals surface area contributed by atoms with Gasteiger partial charge in [-0.3, -0.25) is 9.59 Å². The van der Waals surface area contributed by atoms with Crippen LogP contribution in [-0.2, 0) is 11.8 Å². The van der Waals surface area contributed by atoms with Gasteiger partial charge in [0, 0.05) is 31.7 Å². The Kier molecular flexibility index (Phi) is 4.13. The van der Waals surface area contributed by atoms with Crippen LogP contribution in [0.3, 0.4) is 0 Å². The van der Waals surface area contributed by atoms with Gasteiger partial charge in [0.05, 0.1) is 5.39 Å². The quantitative estimate of drug-likeness (QED) is 0.870. The first-order valence-electron chi connectivity index (χ1n) is 7.66. The van der Waals surface area contributed by atoms with E-state index in [1.165, 1.54) is 11.0 Å². The Bertz CT molecular complexity index is 745. The minimum Gasteiger partial charge on any atom is -0.483 e. The first kappa shape index (κ1) is 14.6. The number of aromatic nitrogens is 1. The van der Waals surface area contributed by atoms with Crippen molar-refractivity contribution in [2.24, 2.45) is 7.05 Å². The van der Waals surface area contributed by atoms with E-state index < -0.39 is 0 Å². The maximum atomic E-state index is 12.2. The number of benzene rings is 1. The molecule has 0 N–H and O–H groups in total. The number of likely N-dealkylation sites (tertiary alicyclic amines) is 1. The third kappa shape index (κ3) is 2.84. The highest BCUT2D eigenvalue weighted by Gasteiger charge is 2.17. The molecule has 116 valence electrons. The average Bonchev–Trinajstić information content (AvgIpc) is 2.57. The predicted molar refractivity (Wildman–Crippen MR) is 85.1 cm³/mol. The zero-order valence-electron chi connectivity index (χ0n) is 12.7. The second kappa shape index (κ2) is 6.22. The van der Waals surface area contributed by atoms with Crippen molar-refractivity contribution in [2.75, 3.05) is 19.7 Å². The fourth-order valence-electron chi connectivity index (χ4n) is 2.85. The topological polar surface area (TPSA) is 51.5 Å². The van der Waals surface area contributed by atoms with Crippen LogP contribution in [0.1, 0.15) is 19.3 Å². The predicted octanol–water partition coefficient (Wildman–Crippen LogP) is 1.93. The van der Waals surface area contributed by atoms with Crippen LogP contribution in [0.5, 0.6) is 5.75 Å². The highest BCUT2D eigenvalue weighted by atomic mass is 16.5. The number of hydrogen-bond donors (Lipinski definition) is 0. The summed E-state index contributed by atoms with van der Waals surface area (Å²) >= 11 is 0. The summed E-state index contributed by atoms with van der Waals surface area (Å²) < 4.78 is 7.22. The van der Waals surface area contributed by atoms with Gasteiger partial charge in [0.15, 0.2) is 6.61 Å². The van der Waals surface area contributed by atoms with Crippen molar-refractivity contribution < 1.29 is 9.53 Å². The molecule has 1 amide bonds. The third-order valence-electron chi connectivity index (χ3n) is 4.14. The van der Waals surface area contributed by atoms with Gasteiger partial charge >= 0.3 is 0 Å². The van der Waals surface area contributed by atoms with Gasteiger partial charge < -0.3 is 14.2 Å². The Labute approximate surface area is 129 Å². The number of carbonyl (C=O) groups excluding carboxylic acids is 1. The van der Waals surface area contributed by atoms with E-state index in [9.17, 15) is 9.59 Å². The SMILES string of the molecule is Cn1ccc2c(OCC(=O)N3CCCCC3)cccc2c1=O. The van der Waals surface area contributed by atoms with Crippen LogP contribution in [-0.4, -0.2) is 35.1 Å². The van der Waals surface area contributed by atoms with E-state index in [0.717, 1.165) is 31.3 Å². The second-order valence-electron chi connectivity index (χ2n) is 5.68. The molecular weight excluding hydrogens is 280 g/mol. The molecule has 1 aliphatic heterocycles. The fraction of sp³-hybridized carbons (Fsp3) is 0.412. The molecular formula is C17H20N2O3. The Balaban J connectivity index is 1.78. The molecule has 0 saturated carbocycles. The van der Waals surface area contributed by atoms with Crippen LogP contribution in [0.4, 0.5) is 0 Å². The number of pyridine rings is 1. The van der Waals surface area contributed by atoms with Crippen molar-refractivity contribution in [1.29, 1.82) is 0 Å². The number of ether oxygens (including phenoxy) is 1. The van der Waals surface area contributed by atoms with Crippen molar-refractivity contribution in [1.82, 2.24) is 9.47 Å². The minimum absolute atomic E-state index is 0.0144. The molecule has 1 aromatic carbocycles. The standard InChI is InChI=1S/C17H20N2O3/c1-18-11-8-13-14(17(18)21)6-5-7-15(13)22-12-16(20)19-9-3-2-4-10-19/h5-8,11H,2-4,9-10,12H2,1H3. The molecule has 1 aromatic heterocycles. The maximum Gasteiger partial charge on any atom is 0.260 e. The van der Waals surface area contributed by atoms with Gasteiger partial charge in [-0.05, 0) is 37.5 Å². The van der Waals surface area contributed by atoms with Gasteiger partial charge in [-0.1, -0.05) is 6.07 Å². The normalized spacial score (nSPS) is 15.0. The molecule has 3 rings (SSSR count). The summed E-state index contributed by atoms with van der Waals surface area (Å²) in [7, 11) is 1.72. The second-order valence-corrected chi connectivity index (χ2v) is 5.68. The fourth-order valence-corrected chi connectivity index (χ4v) is 2.85. The first-order valence-corrected chi connectivity index (χ1v) is 7.66. The van der Waals surface area contributed by atoms with Gasteiger partial charge in [0.2, 0.25) is 0 Å². The first-order chi connectivity index (χ1) is 10.7. The molecule has 0 bridgehead atoms. The summed E-state index contributed by atoms with van der Waals surface area (Å²) in [5.41, 5.74) is -0.0645. The highest BCUT2D eigenvalue weighted by molar-refractivity contribution is 5.88. The Morgan fingerprint density at radius 1 is 1.14 bits per heavy atom. The molecule has 5 heteroatoms. The largest absolute Gasteiger partial charge is 0.483 e. The lowest BCUT2D eigenvalue weighted by atomic mass is 10.1. The third-order valence-corrected chi connectivity index (χ3v) is 4.14. The molecule has 0 aliphatic carbocycles. The highest BCUT2D eigenvalue weighted by Crippen LogP contribution is 2.23. The summed E-state index contributed by atoms with van der Waals surface area (Å²) in [5, 5.41) is 1.35. The van der Waals surface area contributed by atoms with Crippen molar-refractivity contribution in [3.05, 3.63) is 40.8 Å². The molecule has 1 saturated heterocycles. The van der Waals surface area contributed by atoms with Crippen molar-refractivity contribution in [3.8, 4) is 5.75 Å². The number of piperidine rings is 1.